The molecule has 114 valence electrons. The molecule has 1 amide bonds. The van der Waals surface area contributed by atoms with Gasteiger partial charge in [0.25, 0.3) is 5.91 Å². The molecule has 2 rings (SSSR count). The zero-order chi connectivity index (χ0) is 15.7. The van der Waals surface area contributed by atoms with Crippen molar-refractivity contribution in [2.24, 2.45) is 5.92 Å². The third kappa shape index (κ3) is 2.93. The predicted molar refractivity (Wildman–Crippen MR) is 64.2 cm³/mol. The quantitative estimate of drug-likeness (QED) is 0.743. The Labute approximate surface area is 117 Å². The van der Waals surface area contributed by atoms with Gasteiger partial charge in [-0.2, -0.15) is 4.39 Å². The van der Waals surface area contributed by atoms with E-state index in [4.69, 9.17) is 10.2 Å². The van der Waals surface area contributed by atoms with Crippen molar-refractivity contribution < 1.29 is 33.0 Å². The Morgan fingerprint density at radius 2 is 1.86 bits per heavy atom. The maximum absolute atomic E-state index is 13.6. The number of aliphatic carboxylic acids is 1. The van der Waals surface area contributed by atoms with Crippen molar-refractivity contribution in [3.8, 4) is 5.75 Å². The number of amides is 1. The van der Waals surface area contributed by atoms with Crippen molar-refractivity contribution in [2.45, 2.75) is 25.3 Å². The highest BCUT2D eigenvalue weighted by Gasteiger charge is 2.31. The van der Waals surface area contributed by atoms with E-state index in [2.05, 4.69) is 5.32 Å². The molecule has 1 fully saturated rings. The molecule has 21 heavy (non-hydrogen) atoms. The van der Waals surface area contributed by atoms with Crippen molar-refractivity contribution in [3.05, 3.63) is 29.1 Å². The van der Waals surface area contributed by atoms with E-state index in [1.54, 1.807) is 0 Å². The molecular formula is C13H12F3NO4. The number of aromatic hydroxyl groups is 1. The molecule has 0 aliphatic heterocycles. The van der Waals surface area contributed by atoms with Crippen LogP contribution < -0.4 is 5.32 Å². The second-order valence-corrected chi connectivity index (χ2v) is 4.90. The number of carboxylic acids is 1. The summed E-state index contributed by atoms with van der Waals surface area (Å²) in [6, 6.07) is -0.142. The average molecular weight is 303 g/mol. The Kier molecular flexibility index (Phi) is 4.06. The van der Waals surface area contributed by atoms with Gasteiger partial charge in [0.2, 0.25) is 5.82 Å². The Hall–Kier alpha value is -2.25. The third-order valence-corrected chi connectivity index (χ3v) is 3.49. The molecule has 2 atom stereocenters. The topological polar surface area (TPSA) is 86.6 Å². The fourth-order valence-electron chi connectivity index (χ4n) is 2.36. The number of carboxylic acid groups (broad SMARTS) is 1. The second-order valence-electron chi connectivity index (χ2n) is 4.90. The Morgan fingerprint density at radius 3 is 2.43 bits per heavy atom. The monoisotopic (exact) mass is 303 g/mol. The van der Waals surface area contributed by atoms with Crippen LogP contribution in [0.2, 0.25) is 0 Å². The van der Waals surface area contributed by atoms with Gasteiger partial charge in [0.15, 0.2) is 17.4 Å². The minimum Gasteiger partial charge on any atom is -0.503 e. The number of carbonyl (C=O) groups is 2. The van der Waals surface area contributed by atoms with E-state index in [1.807, 2.05) is 0 Å². The van der Waals surface area contributed by atoms with E-state index in [9.17, 15) is 22.8 Å². The zero-order valence-corrected chi connectivity index (χ0v) is 10.7. The van der Waals surface area contributed by atoms with Crippen LogP contribution in [0, 0.1) is 23.4 Å². The normalized spacial score (nSPS) is 21.3. The van der Waals surface area contributed by atoms with Crippen molar-refractivity contribution >= 4 is 11.9 Å². The minimum absolute atomic E-state index is 0.179. The minimum atomic E-state index is -1.77. The van der Waals surface area contributed by atoms with Gasteiger partial charge in [0.1, 0.15) is 0 Å². The summed E-state index contributed by atoms with van der Waals surface area (Å²) in [5.74, 6) is -9.04. The predicted octanol–water partition coefficient (Wildman–Crippen LogP) is 1.79. The van der Waals surface area contributed by atoms with Gasteiger partial charge in [-0.05, 0) is 25.3 Å². The summed E-state index contributed by atoms with van der Waals surface area (Å²) in [6.45, 7) is 0. The van der Waals surface area contributed by atoms with Gasteiger partial charge in [-0.3, -0.25) is 9.59 Å². The first-order valence-corrected chi connectivity index (χ1v) is 6.21. The van der Waals surface area contributed by atoms with Crippen LogP contribution in [0.15, 0.2) is 6.07 Å². The molecule has 2 unspecified atom stereocenters. The van der Waals surface area contributed by atoms with Crippen LogP contribution in [0.4, 0.5) is 13.2 Å². The number of rotatable bonds is 3. The Bertz CT molecular complexity index is 606. The SMILES string of the molecule is O=C(NC1CCC(C(=O)O)C1)c1cc(F)c(F)c(O)c1F. The van der Waals surface area contributed by atoms with Crippen LogP contribution >= 0.6 is 0 Å². The molecule has 0 radical (unpaired) electrons. The van der Waals surface area contributed by atoms with Crippen LogP contribution in [0.25, 0.3) is 0 Å². The first-order valence-electron chi connectivity index (χ1n) is 6.21. The van der Waals surface area contributed by atoms with E-state index < -0.39 is 52.6 Å². The van der Waals surface area contributed by atoms with Crippen molar-refractivity contribution in [3.63, 3.8) is 0 Å². The van der Waals surface area contributed by atoms with Crippen LogP contribution in [-0.4, -0.2) is 28.1 Å². The fourth-order valence-corrected chi connectivity index (χ4v) is 2.36. The van der Waals surface area contributed by atoms with Crippen LogP contribution in [0.1, 0.15) is 29.6 Å². The van der Waals surface area contributed by atoms with Crippen molar-refractivity contribution in [1.82, 2.24) is 5.32 Å². The molecule has 8 heteroatoms. The lowest BCUT2D eigenvalue weighted by Crippen LogP contribution is -2.34. The fraction of sp³-hybridized carbons (Fsp3) is 0.385. The van der Waals surface area contributed by atoms with Gasteiger partial charge in [-0.25, -0.2) is 8.78 Å². The maximum atomic E-state index is 13.6. The molecule has 0 spiro atoms. The molecule has 1 aromatic rings. The number of carbonyl (C=O) groups excluding carboxylic acids is 1. The maximum Gasteiger partial charge on any atom is 0.306 e. The molecule has 0 bridgehead atoms. The summed E-state index contributed by atoms with van der Waals surface area (Å²) in [4.78, 5) is 22.6. The van der Waals surface area contributed by atoms with E-state index in [0.717, 1.165) is 0 Å². The van der Waals surface area contributed by atoms with E-state index in [0.29, 0.717) is 18.9 Å². The number of halogens is 3. The summed E-state index contributed by atoms with van der Waals surface area (Å²) < 4.78 is 39.6. The smallest absolute Gasteiger partial charge is 0.306 e. The summed E-state index contributed by atoms with van der Waals surface area (Å²) in [5, 5.41) is 20.2. The van der Waals surface area contributed by atoms with Gasteiger partial charge in [0, 0.05) is 6.04 Å². The highest BCUT2D eigenvalue weighted by Crippen LogP contribution is 2.28. The van der Waals surface area contributed by atoms with Gasteiger partial charge >= 0.3 is 5.97 Å². The highest BCUT2D eigenvalue weighted by atomic mass is 19.2. The average Bonchev–Trinajstić information content (AvgIpc) is 2.89. The van der Waals surface area contributed by atoms with Crippen molar-refractivity contribution in [1.29, 1.82) is 0 Å². The Morgan fingerprint density at radius 1 is 1.19 bits per heavy atom. The standard InChI is InChI=1S/C13H12F3NO4/c14-8-4-7(9(15)11(18)10(8)16)12(19)17-6-2-1-5(3-6)13(20)21/h4-6,18H,1-3H2,(H,17,19)(H,20,21). The molecule has 0 aromatic heterocycles. The molecule has 0 heterocycles. The summed E-state index contributed by atoms with van der Waals surface area (Å²) >= 11 is 0. The molecule has 5 nitrogen and oxygen atoms in total. The van der Waals surface area contributed by atoms with Crippen LogP contribution in [0.3, 0.4) is 0 Å². The molecular weight excluding hydrogens is 291 g/mol. The summed E-state index contributed by atoms with van der Waals surface area (Å²) in [7, 11) is 0. The molecule has 3 N–H and O–H groups in total. The van der Waals surface area contributed by atoms with Gasteiger partial charge in [0.05, 0.1) is 11.5 Å². The molecule has 0 saturated heterocycles. The third-order valence-electron chi connectivity index (χ3n) is 3.49. The highest BCUT2D eigenvalue weighted by molar-refractivity contribution is 5.95. The van der Waals surface area contributed by atoms with E-state index in [-0.39, 0.29) is 6.42 Å². The van der Waals surface area contributed by atoms with E-state index >= 15 is 0 Å². The zero-order valence-electron chi connectivity index (χ0n) is 10.7. The largest absolute Gasteiger partial charge is 0.503 e. The number of phenolic OH excluding ortho intramolecular Hbond substituents is 1. The number of benzene rings is 1. The second kappa shape index (κ2) is 5.63. The molecule has 1 aliphatic carbocycles. The lowest BCUT2D eigenvalue weighted by Gasteiger charge is -2.13. The molecule has 1 aromatic carbocycles. The summed E-state index contributed by atoms with van der Waals surface area (Å²) in [6.07, 6.45) is 0.935. The lowest BCUT2D eigenvalue weighted by molar-refractivity contribution is -0.141. The van der Waals surface area contributed by atoms with Gasteiger partial charge in [-0.15, -0.1) is 0 Å². The molecule has 1 aliphatic rings. The number of hydrogen-bond donors (Lipinski definition) is 3. The number of phenols is 1. The van der Waals surface area contributed by atoms with Gasteiger partial charge in [-0.1, -0.05) is 0 Å². The molecule has 1 saturated carbocycles. The number of nitrogens with one attached hydrogen (secondary N) is 1. The lowest BCUT2D eigenvalue weighted by atomic mass is 10.1. The van der Waals surface area contributed by atoms with Crippen LogP contribution in [0.5, 0.6) is 5.75 Å². The number of hydrogen-bond acceptors (Lipinski definition) is 3. The van der Waals surface area contributed by atoms with E-state index in [1.165, 1.54) is 0 Å². The summed E-state index contributed by atoms with van der Waals surface area (Å²) in [5.41, 5.74) is -0.829. The van der Waals surface area contributed by atoms with Crippen molar-refractivity contribution in [2.75, 3.05) is 0 Å². The van der Waals surface area contributed by atoms with Gasteiger partial charge < -0.3 is 15.5 Å². The first-order chi connectivity index (χ1) is 9.81. The first kappa shape index (κ1) is 15.1. The van der Waals surface area contributed by atoms with Crippen LogP contribution in [-0.2, 0) is 4.79 Å². The Balaban J connectivity index is 2.13.